The number of nitrogens with one attached hydrogen (secondary N) is 3. The smallest absolute Gasteiger partial charge is 0.326 e. The van der Waals surface area contributed by atoms with E-state index in [-0.39, 0.29) is 18.3 Å². The fraction of sp³-hybridized carbons (Fsp3) is 0.722. The van der Waals surface area contributed by atoms with Gasteiger partial charge in [0.15, 0.2) is 0 Å². The van der Waals surface area contributed by atoms with Gasteiger partial charge in [0.05, 0.1) is 19.0 Å². The van der Waals surface area contributed by atoms with Crippen LogP contribution in [0.3, 0.4) is 0 Å². The number of rotatable bonds is 13. The molecule has 0 aliphatic rings. The second-order valence-corrected chi connectivity index (χ2v) is 7.38. The SMILES string of the molecule is CCC(C)C(NC(=O)C(N)CC(=O)O)C(=O)NCC(=O)NC(CC(C)C)C(=O)O. The van der Waals surface area contributed by atoms with Gasteiger partial charge in [-0.2, -0.15) is 0 Å². The minimum atomic E-state index is -1.32. The molecule has 7 N–H and O–H groups in total. The number of carboxylic acid groups (broad SMARTS) is 2. The summed E-state index contributed by atoms with van der Waals surface area (Å²) in [5, 5.41) is 25.0. The van der Waals surface area contributed by atoms with Crippen molar-refractivity contribution in [1.82, 2.24) is 16.0 Å². The van der Waals surface area contributed by atoms with E-state index >= 15 is 0 Å². The van der Waals surface area contributed by atoms with E-state index in [0.29, 0.717) is 6.42 Å². The van der Waals surface area contributed by atoms with E-state index in [9.17, 15) is 24.0 Å². The Morgan fingerprint density at radius 2 is 1.55 bits per heavy atom. The van der Waals surface area contributed by atoms with Crippen LogP contribution in [0.2, 0.25) is 0 Å². The van der Waals surface area contributed by atoms with Crippen LogP contribution in [0.4, 0.5) is 0 Å². The molecular formula is C18H32N4O7. The van der Waals surface area contributed by atoms with Crippen molar-refractivity contribution in [3.63, 3.8) is 0 Å². The van der Waals surface area contributed by atoms with Crippen molar-refractivity contribution in [3.8, 4) is 0 Å². The first-order chi connectivity index (χ1) is 13.4. The van der Waals surface area contributed by atoms with Crippen LogP contribution < -0.4 is 21.7 Å². The Morgan fingerprint density at radius 3 is 2.00 bits per heavy atom. The van der Waals surface area contributed by atoms with Crippen molar-refractivity contribution >= 4 is 29.7 Å². The van der Waals surface area contributed by atoms with E-state index in [1.165, 1.54) is 0 Å². The van der Waals surface area contributed by atoms with E-state index in [0.717, 1.165) is 0 Å². The molecule has 0 aromatic rings. The Labute approximate surface area is 169 Å². The lowest BCUT2D eigenvalue weighted by atomic mass is 9.97. The quantitative estimate of drug-likeness (QED) is 0.221. The maximum atomic E-state index is 12.4. The molecule has 0 aliphatic heterocycles. The molecule has 11 nitrogen and oxygen atoms in total. The van der Waals surface area contributed by atoms with Gasteiger partial charge in [-0.3, -0.25) is 19.2 Å². The minimum absolute atomic E-state index is 0.0472. The predicted molar refractivity (Wildman–Crippen MR) is 104 cm³/mol. The van der Waals surface area contributed by atoms with Gasteiger partial charge in [-0.1, -0.05) is 34.1 Å². The van der Waals surface area contributed by atoms with E-state index in [1.807, 2.05) is 13.8 Å². The molecule has 4 unspecified atom stereocenters. The van der Waals surface area contributed by atoms with Crippen molar-refractivity contribution in [2.45, 2.75) is 65.1 Å². The molecule has 0 heterocycles. The molecule has 4 atom stereocenters. The van der Waals surface area contributed by atoms with Gasteiger partial charge < -0.3 is 31.9 Å². The third-order valence-corrected chi connectivity index (χ3v) is 4.29. The zero-order valence-corrected chi connectivity index (χ0v) is 17.2. The van der Waals surface area contributed by atoms with Gasteiger partial charge in [0.25, 0.3) is 0 Å². The lowest BCUT2D eigenvalue weighted by Crippen LogP contribution is -2.55. The summed E-state index contributed by atoms with van der Waals surface area (Å²) in [4.78, 5) is 58.4. The number of hydrogen-bond donors (Lipinski definition) is 6. The van der Waals surface area contributed by atoms with Crippen molar-refractivity contribution in [1.29, 1.82) is 0 Å². The summed E-state index contributed by atoms with van der Waals surface area (Å²) in [5.41, 5.74) is 5.51. The van der Waals surface area contributed by atoms with Crippen LogP contribution in [0, 0.1) is 11.8 Å². The van der Waals surface area contributed by atoms with Crippen molar-refractivity contribution < 1.29 is 34.2 Å². The molecule has 0 aromatic carbocycles. The van der Waals surface area contributed by atoms with Gasteiger partial charge in [-0.05, 0) is 18.3 Å². The molecule has 3 amide bonds. The average Bonchev–Trinajstić information content (AvgIpc) is 2.61. The van der Waals surface area contributed by atoms with E-state index in [2.05, 4.69) is 16.0 Å². The average molecular weight is 416 g/mol. The minimum Gasteiger partial charge on any atom is -0.481 e. The zero-order valence-electron chi connectivity index (χ0n) is 17.2. The standard InChI is InChI=1S/C18H32N4O7/c1-5-10(4)15(22-16(26)11(19)7-14(24)25)17(27)20-8-13(23)21-12(18(28)29)6-9(2)3/h9-12,15H,5-8,19H2,1-4H3,(H,20,27)(H,21,23)(H,22,26)(H,24,25)(H,28,29). The fourth-order valence-corrected chi connectivity index (χ4v) is 2.46. The molecule has 0 saturated heterocycles. The molecular weight excluding hydrogens is 384 g/mol. The number of nitrogens with two attached hydrogens (primary N) is 1. The fourth-order valence-electron chi connectivity index (χ4n) is 2.46. The number of amides is 3. The topological polar surface area (TPSA) is 188 Å². The van der Waals surface area contributed by atoms with Crippen LogP contribution in [0.25, 0.3) is 0 Å². The zero-order chi connectivity index (χ0) is 22.7. The van der Waals surface area contributed by atoms with Gasteiger partial charge in [0, 0.05) is 0 Å². The first-order valence-corrected chi connectivity index (χ1v) is 9.46. The lowest BCUT2D eigenvalue weighted by molar-refractivity contribution is -0.142. The number of carbonyl (C=O) groups is 5. The summed E-state index contributed by atoms with van der Waals surface area (Å²) in [6, 6.07) is -3.41. The second-order valence-electron chi connectivity index (χ2n) is 7.38. The Balaban J connectivity index is 4.90. The molecule has 0 spiro atoms. The molecule has 0 aliphatic carbocycles. The van der Waals surface area contributed by atoms with Crippen molar-refractivity contribution in [2.75, 3.05) is 6.54 Å². The highest BCUT2D eigenvalue weighted by molar-refractivity contribution is 5.93. The van der Waals surface area contributed by atoms with Crippen LogP contribution in [-0.2, 0) is 24.0 Å². The molecule has 0 rings (SSSR count). The predicted octanol–water partition coefficient (Wildman–Crippen LogP) is -0.949. The molecule has 0 aromatic heterocycles. The van der Waals surface area contributed by atoms with Crippen LogP contribution in [-0.4, -0.2) is 64.5 Å². The van der Waals surface area contributed by atoms with E-state index in [1.54, 1.807) is 13.8 Å². The maximum Gasteiger partial charge on any atom is 0.326 e. The Hall–Kier alpha value is -2.69. The number of carboxylic acids is 2. The molecule has 0 fully saturated rings. The molecule has 0 bridgehead atoms. The van der Waals surface area contributed by atoms with Gasteiger partial charge in [-0.25, -0.2) is 4.79 Å². The summed E-state index contributed by atoms with van der Waals surface area (Å²) in [6.45, 7) is 6.67. The summed E-state index contributed by atoms with van der Waals surface area (Å²) in [6.07, 6.45) is 0.172. The molecule has 11 heteroatoms. The van der Waals surface area contributed by atoms with Crippen LogP contribution in [0.15, 0.2) is 0 Å². The summed E-state index contributed by atoms with van der Waals surface area (Å²) in [5.74, 6) is -4.80. The van der Waals surface area contributed by atoms with Crippen LogP contribution in [0.5, 0.6) is 0 Å². The molecule has 0 saturated carbocycles. The molecule has 0 radical (unpaired) electrons. The third-order valence-electron chi connectivity index (χ3n) is 4.29. The third kappa shape index (κ3) is 10.4. The van der Waals surface area contributed by atoms with E-state index < -0.39 is 60.8 Å². The molecule has 166 valence electrons. The number of carbonyl (C=O) groups excluding carboxylic acids is 3. The highest BCUT2D eigenvalue weighted by atomic mass is 16.4. The van der Waals surface area contributed by atoms with E-state index in [4.69, 9.17) is 15.9 Å². The van der Waals surface area contributed by atoms with Crippen molar-refractivity contribution in [2.24, 2.45) is 17.6 Å². The monoisotopic (exact) mass is 416 g/mol. The van der Waals surface area contributed by atoms with Crippen LogP contribution >= 0.6 is 0 Å². The normalized spacial score (nSPS) is 15.0. The van der Waals surface area contributed by atoms with Gasteiger partial charge in [0.1, 0.15) is 12.1 Å². The van der Waals surface area contributed by atoms with Gasteiger partial charge >= 0.3 is 11.9 Å². The number of hydrogen-bond acceptors (Lipinski definition) is 6. The lowest BCUT2D eigenvalue weighted by Gasteiger charge is -2.25. The largest absolute Gasteiger partial charge is 0.481 e. The summed E-state index contributed by atoms with van der Waals surface area (Å²) in [7, 11) is 0. The Kier molecular flexibility index (Phi) is 11.5. The first-order valence-electron chi connectivity index (χ1n) is 9.46. The van der Waals surface area contributed by atoms with Gasteiger partial charge in [-0.15, -0.1) is 0 Å². The Morgan fingerprint density at radius 1 is 0.966 bits per heavy atom. The highest BCUT2D eigenvalue weighted by Crippen LogP contribution is 2.09. The Bertz CT molecular complexity index is 609. The number of aliphatic carboxylic acids is 2. The van der Waals surface area contributed by atoms with Crippen molar-refractivity contribution in [3.05, 3.63) is 0 Å². The first kappa shape index (κ1) is 26.3. The summed E-state index contributed by atoms with van der Waals surface area (Å²) >= 11 is 0. The summed E-state index contributed by atoms with van der Waals surface area (Å²) < 4.78 is 0. The maximum absolute atomic E-state index is 12.4. The highest BCUT2D eigenvalue weighted by Gasteiger charge is 2.29. The van der Waals surface area contributed by atoms with Gasteiger partial charge in [0.2, 0.25) is 17.7 Å². The van der Waals surface area contributed by atoms with Crippen LogP contribution in [0.1, 0.15) is 47.0 Å². The molecule has 29 heavy (non-hydrogen) atoms. The second kappa shape index (κ2) is 12.7.